The van der Waals surface area contributed by atoms with Crippen LogP contribution in [0.5, 0.6) is 0 Å². The van der Waals surface area contributed by atoms with Crippen molar-refractivity contribution >= 4 is 37.2 Å². The molecule has 0 saturated carbocycles. The maximum Gasteiger partial charge on any atom is 0.480 e. The summed E-state index contributed by atoms with van der Waals surface area (Å²) in [5.41, 5.74) is -0.443. The predicted octanol–water partition coefficient (Wildman–Crippen LogP) is 0.793. The van der Waals surface area contributed by atoms with Gasteiger partial charge in [-0.3, -0.25) is 18.7 Å². The molecule has 1 fully saturated rings. The number of aromatic nitrogens is 2. The number of halogens is 2. The number of anilines is 1. The predicted molar refractivity (Wildman–Crippen MR) is 136 cm³/mol. The number of phosphoric ester groups is 1. The van der Waals surface area contributed by atoms with Gasteiger partial charge in [-0.2, -0.15) is 4.98 Å². The van der Waals surface area contributed by atoms with E-state index in [0.29, 0.717) is 4.57 Å². The standard InChI is InChI=1S/C22H34ClFN3O13P/c1-19(2,3)16(31)35-10-38-41(34,39-11-36-17(32)20(4,5)6)37-9-21(24)13(29)14(30)22(8-28,40-21)27-7-12(23)15(25)26-18(27)33/h7,13-14,28-30H,8-11H2,1-6H3,(H2,25,26,33)/t13-,14+,21+,22+/m0/s1. The van der Waals surface area contributed by atoms with Crippen LogP contribution in [0.4, 0.5) is 10.2 Å². The minimum Gasteiger partial charge on any atom is -0.437 e. The van der Waals surface area contributed by atoms with E-state index in [9.17, 15) is 34.3 Å². The number of nitrogen functional groups attached to an aromatic ring is 1. The monoisotopic (exact) mass is 633 g/mol. The van der Waals surface area contributed by atoms with Gasteiger partial charge in [0.2, 0.25) is 19.3 Å². The summed E-state index contributed by atoms with van der Waals surface area (Å²) in [5, 5.41) is 30.8. The second-order valence-electron chi connectivity index (χ2n) is 11.0. The fourth-order valence-corrected chi connectivity index (χ4v) is 4.18. The molecule has 2 rings (SSSR count). The van der Waals surface area contributed by atoms with Gasteiger partial charge in [0.1, 0.15) is 24.6 Å². The Hall–Kier alpha value is -2.21. The van der Waals surface area contributed by atoms with Crippen molar-refractivity contribution in [2.45, 2.75) is 65.3 Å². The maximum atomic E-state index is 15.9. The summed E-state index contributed by atoms with van der Waals surface area (Å²) in [6, 6.07) is 0. The van der Waals surface area contributed by atoms with E-state index in [0.717, 1.165) is 6.20 Å². The first-order valence-corrected chi connectivity index (χ1v) is 13.7. The molecule has 0 unspecified atom stereocenters. The zero-order valence-corrected chi connectivity index (χ0v) is 24.8. The second kappa shape index (κ2) is 12.6. The van der Waals surface area contributed by atoms with Gasteiger partial charge in [-0.15, -0.1) is 0 Å². The minimum absolute atomic E-state index is 0.337. The normalized spacial score (nSPS) is 25.2. The van der Waals surface area contributed by atoms with Crippen LogP contribution < -0.4 is 11.4 Å². The molecule has 2 heterocycles. The summed E-state index contributed by atoms with van der Waals surface area (Å²) < 4.78 is 59.1. The molecule has 4 atom stereocenters. The molecule has 5 N–H and O–H groups in total. The van der Waals surface area contributed by atoms with E-state index >= 15 is 4.39 Å². The van der Waals surface area contributed by atoms with Crippen LogP contribution >= 0.6 is 19.4 Å². The molecule has 1 saturated heterocycles. The number of carbonyl (C=O) groups excluding carboxylic acids is 2. The molecule has 41 heavy (non-hydrogen) atoms. The van der Waals surface area contributed by atoms with E-state index in [2.05, 4.69) is 4.98 Å². The number of hydrogen-bond donors (Lipinski definition) is 4. The number of aliphatic hydroxyl groups excluding tert-OH is 3. The lowest BCUT2D eigenvalue weighted by Crippen LogP contribution is -2.53. The number of carbonyl (C=O) groups is 2. The zero-order valence-electron chi connectivity index (χ0n) is 23.2. The van der Waals surface area contributed by atoms with Crippen LogP contribution in [0.25, 0.3) is 0 Å². The van der Waals surface area contributed by atoms with Crippen molar-refractivity contribution in [1.29, 1.82) is 0 Å². The first-order chi connectivity index (χ1) is 18.6. The van der Waals surface area contributed by atoms with Crippen molar-refractivity contribution in [2.24, 2.45) is 10.8 Å². The molecule has 1 aromatic rings. The Morgan fingerprint density at radius 3 is 2.02 bits per heavy atom. The largest absolute Gasteiger partial charge is 0.480 e. The summed E-state index contributed by atoms with van der Waals surface area (Å²) in [6.45, 7) is 4.28. The van der Waals surface area contributed by atoms with Gasteiger partial charge < -0.3 is 35.3 Å². The summed E-state index contributed by atoms with van der Waals surface area (Å²) in [6.07, 6.45) is -4.10. The van der Waals surface area contributed by atoms with Gasteiger partial charge in [0.05, 0.1) is 22.5 Å². The molecule has 234 valence electrons. The molecule has 0 aromatic carbocycles. The number of hydrogen-bond acceptors (Lipinski definition) is 15. The molecule has 1 aliphatic heterocycles. The van der Waals surface area contributed by atoms with Crippen LogP contribution in [-0.2, 0) is 47.7 Å². The van der Waals surface area contributed by atoms with E-state index in [1.54, 1.807) is 0 Å². The third-order valence-corrected chi connectivity index (χ3v) is 7.12. The smallest absolute Gasteiger partial charge is 0.437 e. The fraction of sp³-hybridized carbons (Fsp3) is 0.727. The van der Waals surface area contributed by atoms with E-state index in [1.165, 1.54) is 41.5 Å². The lowest BCUT2D eigenvalue weighted by atomic mass is 9.98. The van der Waals surface area contributed by atoms with Crippen molar-refractivity contribution in [3.8, 4) is 0 Å². The summed E-state index contributed by atoms with van der Waals surface area (Å²) >= 11 is 5.87. The third-order valence-electron chi connectivity index (χ3n) is 5.54. The number of nitrogens with two attached hydrogens (primary N) is 1. The lowest BCUT2D eigenvalue weighted by molar-refractivity contribution is -0.255. The summed E-state index contributed by atoms with van der Waals surface area (Å²) in [7, 11) is -4.97. The van der Waals surface area contributed by atoms with E-state index in [1.807, 2.05) is 0 Å². The molecule has 19 heteroatoms. The molecule has 0 spiro atoms. The van der Waals surface area contributed by atoms with Gasteiger partial charge in [0.25, 0.3) is 5.85 Å². The highest BCUT2D eigenvalue weighted by molar-refractivity contribution is 7.48. The highest BCUT2D eigenvalue weighted by atomic mass is 35.5. The Bertz CT molecular complexity index is 1200. The molecular formula is C22H34ClFN3O13P. The zero-order chi connectivity index (χ0) is 31.6. The number of aliphatic hydroxyl groups is 3. The molecule has 0 bridgehead atoms. The number of alkyl halides is 1. The van der Waals surface area contributed by atoms with Crippen LogP contribution in [0.1, 0.15) is 41.5 Å². The number of rotatable bonds is 11. The van der Waals surface area contributed by atoms with Crippen molar-refractivity contribution < 1.29 is 61.6 Å². The van der Waals surface area contributed by atoms with Gasteiger partial charge in [0, 0.05) is 6.20 Å². The Morgan fingerprint density at radius 2 is 1.59 bits per heavy atom. The average molecular weight is 634 g/mol. The van der Waals surface area contributed by atoms with Crippen LogP contribution in [-0.4, -0.2) is 81.7 Å². The first-order valence-electron chi connectivity index (χ1n) is 11.9. The number of phosphoric acid groups is 1. The molecule has 0 radical (unpaired) electrons. The van der Waals surface area contributed by atoms with Gasteiger partial charge >= 0.3 is 25.5 Å². The van der Waals surface area contributed by atoms with Crippen LogP contribution in [0.15, 0.2) is 11.0 Å². The molecule has 0 amide bonds. The fourth-order valence-electron chi connectivity index (χ4n) is 3.12. The molecule has 16 nitrogen and oxygen atoms in total. The Kier molecular flexibility index (Phi) is 10.7. The summed E-state index contributed by atoms with van der Waals surface area (Å²) in [5.74, 6) is -5.46. The van der Waals surface area contributed by atoms with Crippen molar-refractivity contribution in [1.82, 2.24) is 9.55 Å². The first kappa shape index (κ1) is 35.0. The molecule has 1 aromatic heterocycles. The highest BCUT2D eigenvalue weighted by Crippen LogP contribution is 2.52. The lowest BCUT2D eigenvalue weighted by Gasteiger charge is -2.32. The highest BCUT2D eigenvalue weighted by Gasteiger charge is 2.65. The Labute approximate surface area is 239 Å². The number of ether oxygens (including phenoxy) is 3. The van der Waals surface area contributed by atoms with E-state index < -0.39 is 92.7 Å². The number of esters is 2. The topological polar surface area (TPSA) is 228 Å². The summed E-state index contributed by atoms with van der Waals surface area (Å²) in [4.78, 5) is 39.8. The molecule has 1 aliphatic rings. The van der Waals surface area contributed by atoms with Gasteiger partial charge in [0.15, 0.2) is 0 Å². The van der Waals surface area contributed by atoms with Crippen LogP contribution in [0.3, 0.4) is 0 Å². The number of nitrogens with zero attached hydrogens (tertiary/aromatic N) is 2. The van der Waals surface area contributed by atoms with Crippen LogP contribution in [0.2, 0.25) is 5.02 Å². The van der Waals surface area contributed by atoms with E-state index in [4.69, 9.17) is 45.1 Å². The van der Waals surface area contributed by atoms with Crippen molar-refractivity contribution in [3.63, 3.8) is 0 Å². The average Bonchev–Trinajstić information content (AvgIpc) is 3.05. The van der Waals surface area contributed by atoms with Gasteiger partial charge in [-0.25, -0.2) is 22.8 Å². The SMILES string of the molecule is CC(C)(C)C(=O)OCOP(=O)(OCOC(=O)C(C)(C)C)OC[C@@]1(F)O[C@@](CO)(n2cc(Cl)c(N)nc2=O)[C@H](O)[C@@H]1O. The van der Waals surface area contributed by atoms with Crippen molar-refractivity contribution in [2.75, 3.05) is 32.5 Å². The van der Waals surface area contributed by atoms with E-state index in [-0.39, 0.29) is 5.02 Å². The van der Waals surface area contributed by atoms with Crippen LogP contribution in [0, 0.1) is 10.8 Å². The van der Waals surface area contributed by atoms with Crippen molar-refractivity contribution in [3.05, 3.63) is 21.7 Å². The van der Waals surface area contributed by atoms with Gasteiger partial charge in [-0.1, -0.05) is 11.6 Å². The quantitative estimate of drug-likeness (QED) is 0.150. The second-order valence-corrected chi connectivity index (χ2v) is 13.1. The third kappa shape index (κ3) is 8.00. The molecular weight excluding hydrogens is 600 g/mol. The Morgan fingerprint density at radius 1 is 1.10 bits per heavy atom. The minimum atomic E-state index is -4.97. The van der Waals surface area contributed by atoms with Gasteiger partial charge in [-0.05, 0) is 41.5 Å². The Balaban J connectivity index is 2.30. The molecule has 0 aliphatic carbocycles. The maximum absolute atomic E-state index is 15.9.